The maximum Gasteiger partial charge on any atom is 0.338 e. The van der Waals surface area contributed by atoms with Crippen molar-refractivity contribution in [3.63, 3.8) is 0 Å². The van der Waals surface area contributed by atoms with E-state index in [0.29, 0.717) is 23.5 Å². The smallest absolute Gasteiger partial charge is 0.338 e. The molecule has 0 radical (unpaired) electrons. The summed E-state index contributed by atoms with van der Waals surface area (Å²) in [5.41, 5.74) is 5.22. The van der Waals surface area contributed by atoms with Gasteiger partial charge in [0.25, 0.3) is 5.82 Å². The molecule has 1 aromatic heterocycles. The summed E-state index contributed by atoms with van der Waals surface area (Å²) in [5, 5.41) is 13.6. The molecule has 1 heterocycles. The summed E-state index contributed by atoms with van der Waals surface area (Å²) in [4.78, 5) is 15.4. The van der Waals surface area contributed by atoms with Crippen molar-refractivity contribution in [2.45, 2.75) is 20.8 Å². The number of anilines is 1. The van der Waals surface area contributed by atoms with Crippen LogP contribution >= 0.6 is 0 Å². The van der Waals surface area contributed by atoms with Gasteiger partial charge in [-0.15, -0.1) is 0 Å². The molecule has 5 nitrogen and oxygen atoms in total. The number of fused-ring (bicyclic) bond motifs is 1. The Balaban J connectivity index is 1.69. The Morgan fingerprint density at radius 3 is 2.67 bits per heavy atom. The third-order valence-corrected chi connectivity index (χ3v) is 4.47. The minimum atomic E-state index is -0.343. The van der Waals surface area contributed by atoms with Crippen LogP contribution in [0.4, 0.5) is 5.82 Å². The number of nitrogens with one attached hydrogen (secondary N) is 2. The van der Waals surface area contributed by atoms with E-state index in [9.17, 15) is 10.1 Å². The van der Waals surface area contributed by atoms with Crippen LogP contribution in [0.5, 0.6) is 0 Å². The molecule has 2 aromatic carbocycles. The molecule has 5 heteroatoms. The van der Waals surface area contributed by atoms with Crippen LogP contribution in [0.25, 0.3) is 10.9 Å². The van der Waals surface area contributed by atoms with Gasteiger partial charge >= 0.3 is 5.97 Å². The third kappa shape index (κ3) is 4.06. The van der Waals surface area contributed by atoms with Crippen molar-refractivity contribution in [1.82, 2.24) is 0 Å². The zero-order valence-electron chi connectivity index (χ0n) is 15.7. The van der Waals surface area contributed by atoms with E-state index in [1.165, 1.54) is 0 Å². The van der Waals surface area contributed by atoms with Crippen molar-refractivity contribution in [2.24, 2.45) is 0 Å². The first-order chi connectivity index (χ1) is 13.0. The van der Waals surface area contributed by atoms with Gasteiger partial charge in [0.2, 0.25) is 0 Å². The summed E-state index contributed by atoms with van der Waals surface area (Å²) in [6.45, 7) is 6.55. The minimum absolute atomic E-state index is 0.205. The number of nitriles is 1. The maximum atomic E-state index is 12.1. The number of pyridine rings is 1. The molecule has 27 heavy (non-hydrogen) atoms. The summed E-state index contributed by atoms with van der Waals surface area (Å²) in [6, 6.07) is 15.6. The average Bonchev–Trinajstić information content (AvgIpc) is 2.64. The molecule has 0 saturated carbocycles. The number of aryl methyl sites for hydroxylation is 3. The Bertz CT molecular complexity index is 1050. The number of carbonyl (C=O) groups is 1. The number of aromatic amines is 1. The van der Waals surface area contributed by atoms with Crippen molar-refractivity contribution < 1.29 is 14.5 Å². The van der Waals surface area contributed by atoms with E-state index in [4.69, 9.17) is 4.74 Å². The first-order valence-corrected chi connectivity index (χ1v) is 8.83. The van der Waals surface area contributed by atoms with E-state index in [0.717, 1.165) is 27.6 Å². The number of benzene rings is 2. The third-order valence-electron chi connectivity index (χ3n) is 4.47. The second-order valence-electron chi connectivity index (χ2n) is 6.59. The molecule has 0 aliphatic rings. The van der Waals surface area contributed by atoms with Crippen LogP contribution in [0, 0.1) is 32.1 Å². The summed E-state index contributed by atoms with van der Waals surface area (Å²) in [5.74, 6) is 0.283. The molecular formula is C22H22N3O2+. The number of hydrogen-bond acceptors (Lipinski definition) is 4. The highest BCUT2D eigenvalue weighted by molar-refractivity contribution is 5.91. The lowest BCUT2D eigenvalue weighted by Gasteiger charge is -2.08. The molecule has 0 saturated heterocycles. The monoisotopic (exact) mass is 360 g/mol. The number of nitrogens with zero attached hydrogens (tertiary/aromatic N) is 1. The van der Waals surface area contributed by atoms with Gasteiger partial charge in [0.05, 0.1) is 5.56 Å². The molecule has 0 unspecified atom stereocenters. The van der Waals surface area contributed by atoms with Gasteiger partial charge in [-0.25, -0.2) is 9.78 Å². The summed E-state index contributed by atoms with van der Waals surface area (Å²) < 4.78 is 5.33. The molecule has 0 amide bonds. The van der Waals surface area contributed by atoms with Gasteiger partial charge in [-0.2, -0.15) is 5.26 Å². The second-order valence-corrected chi connectivity index (χ2v) is 6.59. The first-order valence-electron chi connectivity index (χ1n) is 8.83. The molecule has 0 bridgehead atoms. The number of rotatable bonds is 5. The molecule has 136 valence electrons. The lowest BCUT2D eigenvalue weighted by Crippen LogP contribution is -2.21. The Morgan fingerprint density at radius 1 is 1.15 bits per heavy atom. The number of H-pyrrole nitrogens is 1. The van der Waals surface area contributed by atoms with Crippen molar-refractivity contribution in [3.8, 4) is 6.07 Å². The molecule has 0 fully saturated rings. The average molecular weight is 360 g/mol. The predicted octanol–water partition coefficient (Wildman–Crippen LogP) is 3.72. The molecule has 3 rings (SSSR count). The Kier molecular flexibility index (Phi) is 5.37. The molecule has 0 aliphatic heterocycles. The molecule has 2 N–H and O–H groups in total. The fourth-order valence-electron chi connectivity index (χ4n) is 3.12. The van der Waals surface area contributed by atoms with Gasteiger partial charge in [0, 0.05) is 5.39 Å². The van der Waals surface area contributed by atoms with Crippen molar-refractivity contribution >= 4 is 22.7 Å². The van der Waals surface area contributed by atoms with E-state index in [-0.39, 0.29) is 12.6 Å². The predicted molar refractivity (Wildman–Crippen MR) is 105 cm³/mol. The van der Waals surface area contributed by atoms with Crippen LogP contribution in [0.3, 0.4) is 0 Å². The molecule has 3 aromatic rings. The summed E-state index contributed by atoms with van der Waals surface area (Å²) >= 11 is 0. The van der Waals surface area contributed by atoms with E-state index < -0.39 is 0 Å². The van der Waals surface area contributed by atoms with Crippen LogP contribution in [0.1, 0.15) is 32.6 Å². The van der Waals surface area contributed by atoms with Crippen LogP contribution in [-0.4, -0.2) is 19.1 Å². The highest BCUT2D eigenvalue weighted by Crippen LogP contribution is 2.21. The Labute approximate surface area is 158 Å². The van der Waals surface area contributed by atoms with Gasteiger partial charge in [-0.05, 0) is 55.7 Å². The van der Waals surface area contributed by atoms with E-state index in [2.05, 4.69) is 22.4 Å². The lowest BCUT2D eigenvalue weighted by molar-refractivity contribution is -0.327. The number of hydrogen-bond donors (Lipinski definition) is 1. The molecule has 0 aliphatic carbocycles. The van der Waals surface area contributed by atoms with Gasteiger partial charge in [-0.1, -0.05) is 24.3 Å². The Morgan fingerprint density at radius 2 is 1.93 bits per heavy atom. The summed E-state index contributed by atoms with van der Waals surface area (Å²) in [6.07, 6.45) is 0. The highest BCUT2D eigenvalue weighted by Gasteiger charge is 2.15. The first kappa shape index (κ1) is 18.4. The number of ether oxygens (including phenoxy) is 1. The lowest BCUT2D eigenvalue weighted by atomic mass is 10.0. The minimum Gasteiger partial charge on any atom is -0.458 e. The van der Waals surface area contributed by atoms with Crippen LogP contribution < -0.4 is 10.3 Å². The fourth-order valence-corrected chi connectivity index (χ4v) is 3.12. The second kappa shape index (κ2) is 7.88. The zero-order chi connectivity index (χ0) is 19.4. The Hall–Kier alpha value is -3.39. The number of aromatic nitrogens is 1. The van der Waals surface area contributed by atoms with Gasteiger partial charge in [0.1, 0.15) is 30.3 Å². The molecule has 0 atom stereocenters. The van der Waals surface area contributed by atoms with E-state index in [1.807, 2.05) is 51.1 Å². The quantitative estimate of drug-likeness (QED) is 0.556. The van der Waals surface area contributed by atoms with E-state index in [1.54, 1.807) is 6.07 Å². The number of esters is 1. The van der Waals surface area contributed by atoms with Gasteiger partial charge in [0.15, 0.2) is 0 Å². The summed E-state index contributed by atoms with van der Waals surface area (Å²) in [7, 11) is 0. The van der Waals surface area contributed by atoms with Crippen LogP contribution in [0.15, 0.2) is 42.5 Å². The largest absolute Gasteiger partial charge is 0.458 e. The van der Waals surface area contributed by atoms with Crippen molar-refractivity contribution in [2.75, 3.05) is 18.5 Å². The topological polar surface area (TPSA) is 76.3 Å². The fraction of sp³-hybridized carbons (Fsp3) is 0.227. The van der Waals surface area contributed by atoms with Gasteiger partial charge in [-0.3, -0.25) is 5.32 Å². The highest BCUT2D eigenvalue weighted by atomic mass is 16.5. The molecular weight excluding hydrogens is 338 g/mol. The van der Waals surface area contributed by atoms with Gasteiger partial charge < -0.3 is 4.74 Å². The zero-order valence-corrected chi connectivity index (χ0v) is 15.7. The normalized spacial score (nSPS) is 10.4. The van der Waals surface area contributed by atoms with Crippen molar-refractivity contribution in [3.05, 3.63) is 70.3 Å². The van der Waals surface area contributed by atoms with Crippen molar-refractivity contribution in [1.29, 1.82) is 5.26 Å². The SMILES string of the molecule is Cc1cc(C)c2cc(C#N)c(NCCOC(=O)c3ccccc3C)[nH+]c2c1. The number of carbonyl (C=O) groups excluding carboxylic acids is 1. The van der Waals surface area contributed by atoms with E-state index >= 15 is 0 Å². The maximum absolute atomic E-state index is 12.1. The van der Waals surface area contributed by atoms with Crippen LogP contribution in [-0.2, 0) is 4.74 Å². The standard InChI is InChI=1S/C22H21N3O2/c1-14-10-16(3)19-12-17(13-23)21(25-20(19)11-14)24-8-9-27-22(26)18-7-5-4-6-15(18)2/h4-7,10-12H,8-9H2,1-3H3,(H,24,25)/p+1. The molecule has 0 spiro atoms. The van der Waals surface area contributed by atoms with Crippen LogP contribution in [0.2, 0.25) is 0 Å².